The monoisotopic (exact) mass is 177 g/mol. The molecule has 13 heavy (non-hydrogen) atoms. The minimum absolute atomic E-state index is 0.214. The lowest BCUT2D eigenvalue weighted by molar-refractivity contribution is 0.318. The lowest BCUT2D eigenvalue weighted by Gasteiger charge is -2.04. The molecular weight excluding hydrogens is 166 g/mol. The zero-order valence-electron chi connectivity index (χ0n) is 7.41. The van der Waals surface area contributed by atoms with Crippen LogP contribution in [0.2, 0.25) is 0 Å². The Labute approximate surface area is 76.3 Å². The molecule has 1 aliphatic carbocycles. The Morgan fingerprint density at radius 1 is 1.31 bits per heavy atom. The van der Waals surface area contributed by atoms with Crippen LogP contribution in [-0.4, -0.2) is 16.0 Å². The summed E-state index contributed by atoms with van der Waals surface area (Å²) in [6, 6.07) is 3.53. The fourth-order valence-electron chi connectivity index (χ4n) is 1.85. The maximum Gasteiger partial charge on any atom is 0.125 e. The quantitative estimate of drug-likeness (QED) is 0.469. The third kappa shape index (κ3) is 1.08. The minimum atomic E-state index is 0.214. The van der Waals surface area contributed by atoms with Crippen LogP contribution < -0.4 is 0 Å². The maximum atomic E-state index is 9.57. The van der Waals surface area contributed by atoms with Gasteiger partial charge in [0.05, 0.1) is 5.71 Å². The molecule has 2 N–H and O–H groups in total. The highest BCUT2D eigenvalue weighted by Gasteiger charge is 2.23. The molecule has 2 rings (SSSR count). The second kappa shape index (κ2) is 2.76. The fraction of sp³-hybridized carbons (Fsp3) is 0.300. The number of hydrogen-bond donors (Lipinski definition) is 2. The summed E-state index contributed by atoms with van der Waals surface area (Å²) >= 11 is 0. The van der Waals surface area contributed by atoms with E-state index in [1.807, 2.05) is 13.0 Å². The first kappa shape index (κ1) is 8.10. The summed E-state index contributed by atoms with van der Waals surface area (Å²) < 4.78 is 0. The third-order valence-corrected chi connectivity index (χ3v) is 2.55. The Bertz CT molecular complexity index is 383. The van der Waals surface area contributed by atoms with Crippen LogP contribution in [0.1, 0.15) is 23.1 Å². The number of aryl methyl sites for hydroxylation is 1. The molecule has 1 aromatic rings. The molecule has 0 saturated heterocycles. The van der Waals surface area contributed by atoms with Gasteiger partial charge in [-0.1, -0.05) is 11.2 Å². The molecule has 0 radical (unpaired) electrons. The van der Waals surface area contributed by atoms with Crippen LogP contribution in [0.25, 0.3) is 0 Å². The van der Waals surface area contributed by atoms with Crippen molar-refractivity contribution in [3.8, 4) is 5.75 Å². The predicted molar refractivity (Wildman–Crippen MR) is 49.5 cm³/mol. The molecule has 0 aliphatic heterocycles. The van der Waals surface area contributed by atoms with E-state index in [2.05, 4.69) is 5.16 Å². The second-order valence-electron chi connectivity index (χ2n) is 3.30. The lowest BCUT2D eigenvalue weighted by atomic mass is 10.0. The molecule has 0 fully saturated rings. The number of fused-ring (bicyclic) bond motifs is 1. The topological polar surface area (TPSA) is 52.8 Å². The lowest BCUT2D eigenvalue weighted by Crippen LogP contribution is -1.95. The van der Waals surface area contributed by atoms with E-state index in [4.69, 9.17) is 5.21 Å². The van der Waals surface area contributed by atoms with Gasteiger partial charge in [0.25, 0.3) is 0 Å². The number of phenols is 1. The van der Waals surface area contributed by atoms with Crippen molar-refractivity contribution in [3.63, 3.8) is 0 Å². The number of phenolic OH excluding ortho intramolecular Hbond substituents is 1. The molecular formula is C10H11NO2. The van der Waals surface area contributed by atoms with Crippen molar-refractivity contribution >= 4 is 5.71 Å². The summed E-state index contributed by atoms with van der Waals surface area (Å²) in [6.45, 7) is 2.00. The Hall–Kier alpha value is -1.51. The molecule has 68 valence electrons. The van der Waals surface area contributed by atoms with Crippen molar-refractivity contribution < 1.29 is 10.3 Å². The molecule has 1 aromatic carbocycles. The average molecular weight is 177 g/mol. The van der Waals surface area contributed by atoms with Crippen molar-refractivity contribution in [3.05, 3.63) is 28.8 Å². The zero-order valence-corrected chi connectivity index (χ0v) is 7.41. The van der Waals surface area contributed by atoms with E-state index < -0.39 is 0 Å². The SMILES string of the molecule is Cc1ccc(O)c2c1CCC2=NO. The molecule has 0 aromatic heterocycles. The Balaban J connectivity index is 2.69. The second-order valence-corrected chi connectivity index (χ2v) is 3.30. The highest BCUT2D eigenvalue weighted by Crippen LogP contribution is 2.32. The van der Waals surface area contributed by atoms with Gasteiger partial charge in [-0.05, 0) is 37.0 Å². The van der Waals surface area contributed by atoms with Crippen molar-refractivity contribution in [1.82, 2.24) is 0 Å². The first-order chi connectivity index (χ1) is 6.24. The van der Waals surface area contributed by atoms with Crippen LogP contribution in [0, 0.1) is 6.92 Å². The van der Waals surface area contributed by atoms with Gasteiger partial charge in [0.2, 0.25) is 0 Å². The Kier molecular flexibility index (Phi) is 1.72. The number of hydrogen-bond acceptors (Lipinski definition) is 3. The first-order valence-electron chi connectivity index (χ1n) is 4.27. The summed E-state index contributed by atoms with van der Waals surface area (Å²) in [6.07, 6.45) is 1.57. The molecule has 0 amide bonds. The number of benzene rings is 1. The third-order valence-electron chi connectivity index (χ3n) is 2.55. The van der Waals surface area contributed by atoms with Crippen molar-refractivity contribution in [1.29, 1.82) is 0 Å². The van der Waals surface area contributed by atoms with E-state index in [-0.39, 0.29) is 5.75 Å². The standard InChI is InChI=1S/C10H11NO2/c1-6-2-5-9(12)10-7(6)3-4-8(10)11-13/h2,5,12-13H,3-4H2,1H3. The highest BCUT2D eigenvalue weighted by atomic mass is 16.4. The van der Waals surface area contributed by atoms with Gasteiger partial charge in [0, 0.05) is 5.56 Å². The summed E-state index contributed by atoms with van der Waals surface area (Å²) in [7, 11) is 0. The summed E-state index contributed by atoms with van der Waals surface area (Å²) in [5.41, 5.74) is 3.57. The van der Waals surface area contributed by atoms with Crippen molar-refractivity contribution in [2.75, 3.05) is 0 Å². The van der Waals surface area contributed by atoms with E-state index in [1.54, 1.807) is 6.07 Å². The summed E-state index contributed by atoms with van der Waals surface area (Å²) in [4.78, 5) is 0. The Morgan fingerprint density at radius 3 is 2.77 bits per heavy atom. The molecule has 0 bridgehead atoms. The predicted octanol–water partition coefficient (Wildman–Crippen LogP) is 1.83. The molecule has 0 unspecified atom stereocenters. The van der Waals surface area contributed by atoms with Crippen LogP contribution >= 0.6 is 0 Å². The molecule has 3 heteroatoms. The number of aromatic hydroxyl groups is 1. The minimum Gasteiger partial charge on any atom is -0.507 e. The van der Waals surface area contributed by atoms with Gasteiger partial charge < -0.3 is 10.3 Å². The van der Waals surface area contributed by atoms with E-state index >= 15 is 0 Å². The molecule has 0 saturated carbocycles. The molecule has 3 nitrogen and oxygen atoms in total. The van der Waals surface area contributed by atoms with E-state index in [0.717, 1.165) is 23.1 Å². The van der Waals surface area contributed by atoms with E-state index in [0.29, 0.717) is 12.1 Å². The largest absolute Gasteiger partial charge is 0.507 e. The summed E-state index contributed by atoms with van der Waals surface area (Å²) in [5.74, 6) is 0.214. The van der Waals surface area contributed by atoms with Gasteiger partial charge >= 0.3 is 0 Å². The number of nitrogens with zero attached hydrogens (tertiary/aromatic N) is 1. The van der Waals surface area contributed by atoms with Crippen LogP contribution in [0.15, 0.2) is 17.3 Å². The molecule has 0 heterocycles. The van der Waals surface area contributed by atoms with Gasteiger partial charge in [-0.3, -0.25) is 0 Å². The van der Waals surface area contributed by atoms with Crippen LogP contribution in [0.4, 0.5) is 0 Å². The van der Waals surface area contributed by atoms with Crippen molar-refractivity contribution in [2.45, 2.75) is 19.8 Å². The van der Waals surface area contributed by atoms with Gasteiger partial charge in [-0.25, -0.2) is 0 Å². The molecule has 1 aliphatic rings. The Morgan fingerprint density at radius 2 is 2.08 bits per heavy atom. The number of oxime groups is 1. The first-order valence-corrected chi connectivity index (χ1v) is 4.27. The fourth-order valence-corrected chi connectivity index (χ4v) is 1.85. The maximum absolute atomic E-state index is 9.57. The van der Waals surface area contributed by atoms with Crippen LogP contribution in [0.3, 0.4) is 0 Å². The van der Waals surface area contributed by atoms with Gasteiger partial charge in [-0.2, -0.15) is 0 Å². The van der Waals surface area contributed by atoms with Gasteiger partial charge in [-0.15, -0.1) is 0 Å². The van der Waals surface area contributed by atoms with Crippen LogP contribution in [0.5, 0.6) is 5.75 Å². The smallest absolute Gasteiger partial charge is 0.125 e. The normalized spacial score (nSPS) is 17.8. The highest BCUT2D eigenvalue weighted by molar-refractivity contribution is 6.06. The van der Waals surface area contributed by atoms with E-state index in [1.165, 1.54) is 0 Å². The van der Waals surface area contributed by atoms with Gasteiger partial charge in [0.1, 0.15) is 5.75 Å². The molecule has 0 spiro atoms. The van der Waals surface area contributed by atoms with Crippen molar-refractivity contribution in [2.24, 2.45) is 5.16 Å². The zero-order chi connectivity index (χ0) is 9.42. The van der Waals surface area contributed by atoms with Gasteiger partial charge in [0.15, 0.2) is 0 Å². The average Bonchev–Trinajstić information content (AvgIpc) is 2.56. The van der Waals surface area contributed by atoms with E-state index in [9.17, 15) is 5.11 Å². The number of rotatable bonds is 0. The summed E-state index contributed by atoms with van der Waals surface area (Å²) in [5, 5.41) is 21.5. The van der Waals surface area contributed by atoms with Crippen LogP contribution in [-0.2, 0) is 6.42 Å². The molecule has 0 atom stereocenters.